The fourth-order valence-electron chi connectivity index (χ4n) is 3.00. The molecule has 0 spiro atoms. The van der Waals surface area contributed by atoms with Gasteiger partial charge in [0.25, 0.3) is 0 Å². The molecule has 108 valence electrons. The van der Waals surface area contributed by atoms with E-state index in [0.29, 0.717) is 0 Å². The molecular weight excluding hydrogens is 264 g/mol. The Bertz CT molecular complexity index is 802. The number of phenols is 1. The number of phenolic OH excluding ortho intramolecular Hbond substituents is 1. The van der Waals surface area contributed by atoms with Crippen molar-refractivity contribution in [2.75, 3.05) is 38.1 Å². The van der Waals surface area contributed by atoms with Crippen molar-refractivity contribution >= 4 is 22.4 Å². The number of aromatic nitrogens is 2. The van der Waals surface area contributed by atoms with Crippen LogP contribution in [0.1, 0.15) is 0 Å². The van der Waals surface area contributed by atoms with Crippen molar-refractivity contribution < 1.29 is 5.11 Å². The number of benzene rings is 1. The molecule has 0 bridgehead atoms. The zero-order valence-corrected chi connectivity index (χ0v) is 12.0. The maximum atomic E-state index is 9.72. The topological polar surface area (TPSA) is 44.0 Å². The van der Waals surface area contributed by atoms with E-state index in [2.05, 4.69) is 33.5 Å². The van der Waals surface area contributed by atoms with Crippen LogP contribution in [-0.2, 0) is 0 Å². The van der Waals surface area contributed by atoms with Gasteiger partial charge in [0, 0.05) is 38.4 Å². The number of nitrogens with zero attached hydrogens (tertiary/aromatic N) is 4. The fraction of sp³-hybridized carbons (Fsp3) is 0.312. The highest BCUT2D eigenvalue weighted by atomic mass is 16.3. The molecule has 1 saturated heterocycles. The number of anilines is 1. The first-order chi connectivity index (χ1) is 10.2. The van der Waals surface area contributed by atoms with Crippen LogP contribution in [0.2, 0.25) is 0 Å². The van der Waals surface area contributed by atoms with E-state index in [-0.39, 0.29) is 5.75 Å². The quantitative estimate of drug-likeness (QED) is 0.741. The van der Waals surface area contributed by atoms with Gasteiger partial charge in [0.15, 0.2) is 5.82 Å². The Labute approximate surface area is 123 Å². The highest BCUT2D eigenvalue weighted by Crippen LogP contribution is 2.27. The van der Waals surface area contributed by atoms with Crippen molar-refractivity contribution in [2.24, 2.45) is 0 Å². The Morgan fingerprint density at radius 2 is 1.86 bits per heavy atom. The third kappa shape index (κ3) is 2.01. The van der Waals surface area contributed by atoms with Gasteiger partial charge in [-0.1, -0.05) is 0 Å². The summed E-state index contributed by atoms with van der Waals surface area (Å²) in [4.78, 5) is 9.48. The summed E-state index contributed by atoms with van der Waals surface area (Å²) in [6.45, 7) is 4.06. The number of hydrogen-bond donors (Lipinski definition) is 1. The number of fused-ring (bicyclic) bond motifs is 3. The number of piperazine rings is 1. The van der Waals surface area contributed by atoms with Gasteiger partial charge >= 0.3 is 0 Å². The van der Waals surface area contributed by atoms with E-state index in [9.17, 15) is 5.11 Å². The van der Waals surface area contributed by atoms with Crippen LogP contribution in [0.3, 0.4) is 0 Å². The molecule has 4 rings (SSSR count). The van der Waals surface area contributed by atoms with Crippen molar-refractivity contribution in [1.82, 2.24) is 14.3 Å². The summed E-state index contributed by atoms with van der Waals surface area (Å²) < 4.78 is 2.15. The molecule has 2 aromatic heterocycles. The Kier molecular flexibility index (Phi) is 2.75. The van der Waals surface area contributed by atoms with Gasteiger partial charge in [-0.2, -0.15) is 0 Å². The summed E-state index contributed by atoms with van der Waals surface area (Å²) in [6.07, 6.45) is 2.05. The molecule has 3 aromatic rings. The minimum absolute atomic E-state index is 0.255. The first-order valence-corrected chi connectivity index (χ1v) is 7.26. The highest BCUT2D eigenvalue weighted by Gasteiger charge is 2.19. The van der Waals surface area contributed by atoms with Crippen molar-refractivity contribution in [3.63, 3.8) is 0 Å². The van der Waals surface area contributed by atoms with E-state index in [1.165, 1.54) is 0 Å². The molecule has 1 aromatic carbocycles. The molecule has 1 aliphatic heterocycles. The van der Waals surface area contributed by atoms with Crippen LogP contribution in [0.4, 0.5) is 5.82 Å². The zero-order valence-electron chi connectivity index (χ0n) is 12.0. The molecule has 0 aliphatic carbocycles. The van der Waals surface area contributed by atoms with E-state index in [0.717, 1.165) is 48.5 Å². The molecule has 5 heteroatoms. The largest absolute Gasteiger partial charge is 0.508 e. The summed E-state index contributed by atoms with van der Waals surface area (Å²) in [5, 5.41) is 9.72. The van der Waals surface area contributed by atoms with E-state index >= 15 is 0 Å². The van der Waals surface area contributed by atoms with E-state index in [1.54, 1.807) is 12.1 Å². The van der Waals surface area contributed by atoms with Crippen molar-refractivity contribution in [2.45, 2.75) is 0 Å². The Morgan fingerprint density at radius 1 is 1.05 bits per heavy atom. The third-order valence-electron chi connectivity index (χ3n) is 4.23. The van der Waals surface area contributed by atoms with Gasteiger partial charge in [-0.05, 0) is 31.3 Å². The van der Waals surface area contributed by atoms with Crippen LogP contribution in [0.5, 0.6) is 5.75 Å². The maximum absolute atomic E-state index is 9.72. The van der Waals surface area contributed by atoms with Crippen LogP contribution in [0.15, 0.2) is 36.5 Å². The van der Waals surface area contributed by atoms with Crippen LogP contribution in [0, 0.1) is 0 Å². The van der Waals surface area contributed by atoms with Gasteiger partial charge in [-0.3, -0.25) is 0 Å². The Balaban J connectivity index is 1.92. The monoisotopic (exact) mass is 282 g/mol. The predicted molar refractivity (Wildman–Crippen MR) is 84.1 cm³/mol. The number of likely N-dealkylation sites (N-methyl/N-ethyl adjacent to an activating group) is 1. The predicted octanol–water partition coefficient (Wildman–Crippen LogP) is 1.94. The normalized spacial score (nSPS) is 16.9. The van der Waals surface area contributed by atoms with Gasteiger partial charge < -0.3 is 19.3 Å². The summed E-state index contributed by atoms with van der Waals surface area (Å²) >= 11 is 0. The number of rotatable bonds is 1. The van der Waals surface area contributed by atoms with Gasteiger partial charge in [-0.25, -0.2) is 4.98 Å². The molecule has 0 unspecified atom stereocenters. The molecule has 1 fully saturated rings. The van der Waals surface area contributed by atoms with Gasteiger partial charge in [0.05, 0.1) is 16.6 Å². The van der Waals surface area contributed by atoms with Gasteiger partial charge in [0.1, 0.15) is 5.75 Å². The average molecular weight is 282 g/mol. The minimum Gasteiger partial charge on any atom is -0.508 e. The summed E-state index contributed by atoms with van der Waals surface area (Å²) in [7, 11) is 2.15. The molecule has 1 N–H and O–H groups in total. The highest BCUT2D eigenvalue weighted by molar-refractivity contribution is 5.86. The van der Waals surface area contributed by atoms with Gasteiger partial charge in [0.2, 0.25) is 0 Å². The maximum Gasteiger partial charge on any atom is 0.153 e. The van der Waals surface area contributed by atoms with Crippen LogP contribution >= 0.6 is 0 Å². The molecule has 0 atom stereocenters. The molecule has 5 nitrogen and oxygen atoms in total. The van der Waals surface area contributed by atoms with Gasteiger partial charge in [-0.15, -0.1) is 0 Å². The standard InChI is InChI=1S/C16H18N4O/c1-18-7-9-19(10-8-18)16-15-3-2-6-20(15)14-5-4-12(21)11-13(14)17-16/h2-6,11,21H,7-10H2,1H3. The van der Waals surface area contributed by atoms with Crippen LogP contribution in [-0.4, -0.2) is 52.6 Å². The van der Waals surface area contributed by atoms with Crippen LogP contribution in [0.25, 0.3) is 16.6 Å². The fourth-order valence-corrected chi connectivity index (χ4v) is 3.00. The minimum atomic E-state index is 0.255. The lowest BCUT2D eigenvalue weighted by Gasteiger charge is -2.33. The molecule has 0 saturated carbocycles. The van der Waals surface area contributed by atoms with Crippen molar-refractivity contribution in [3.8, 4) is 5.75 Å². The van der Waals surface area contributed by atoms with Crippen LogP contribution < -0.4 is 4.90 Å². The molecule has 0 radical (unpaired) electrons. The average Bonchev–Trinajstić information content (AvgIpc) is 2.96. The Hall–Kier alpha value is -2.27. The third-order valence-corrected chi connectivity index (χ3v) is 4.23. The molecular formula is C16H18N4O. The first kappa shape index (κ1) is 12.5. The summed E-state index contributed by atoms with van der Waals surface area (Å²) in [6, 6.07) is 9.50. The van der Waals surface area contributed by atoms with E-state index in [4.69, 9.17) is 4.98 Å². The second kappa shape index (κ2) is 4.63. The molecule has 0 amide bonds. The van der Waals surface area contributed by atoms with Crippen molar-refractivity contribution in [3.05, 3.63) is 36.5 Å². The van der Waals surface area contributed by atoms with E-state index in [1.807, 2.05) is 12.1 Å². The number of hydrogen-bond acceptors (Lipinski definition) is 4. The lowest BCUT2D eigenvalue weighted by molar-refractivity contribution is 0.312. The number of aromatic hydroxyl groups is 1. The summed E-state index contributed by atoms with van der Waals surface area (Å²) in [5.74, 6) is 1.26. The lowest BCUT2D eigenvalue weighted by atomic mass is 10.2. The van der Waals surface area contributed by atoms with E-state index < -0.39 is 0 Å². The van der Waals surface area contributed by atoms with Crippen molar-refractivity contribution in [1.29, 1.82) is 0 Å². The lowest BCUT2D eigenvalue weighted by Crippen LogP contribution is -2.45. The summed E-state index contributed by atoms with van der Waals surface area (Å²) in [5.41, 5.74) is 2.97. The second-order valence-corrected chi connectivity index (χ2v) is 5.66. The first-order valence-electron chi connectivity index (χ1n) is 7.26. The molecule has 1 aliphatic rings. The smallest absolute Gasteiger partial charge is 0.153 e. The second-order valence-electron chi connectivity index (χ2n) is 5.66. The Morgan fingerprint density at radius 3 is 2.67 bits per heavy atom. The molecule has 3 heterocycles. The molecule has 21 heavy (non-hydrogen) atoms. The zero-order chi connectivity index (χ0) is 14.4. The SMILES string of the molecule is CN1CCN(c2nc3cc(O)ccc3n3cccc23)CC1.